The van der Waals surface area contributed by atoms with E-state index in [9.17, 15) is 22.8 Å². The maximum Gasteiger partial charge on any atom is 0.342 e. The number of carbonyl (C=O) groups is 3. The highest BCUT2D eigenvalue weighted by molar-refractivity contribution is 7.89. The van der Waals surface area contributed by atoms with Crippen LogP contribution in [-0.4, -0.2) is 51.3 Å². The van der Waals surface area contributed by atoms with Crippen LogP contribution in [0.1, 0.15) is 43.0 Å². The van der Waals surface area contributed by atoms with Crippen LogP contribution in [0.15, 0.2) is 181 Å². The molecule has 0 atom stereocenters. The Balaban J connectivity index is 1.31. The zero-order chi connectivity index (χ0) is 44.3. The Morgan fingerprint density at radius 1 is 0.571 bits per heavy atom. The van der Waals surface area contributed by atoms with Crippen molar-refractivity contribution in [3.05, 3.63) is 209 Å². The van der Waals surface area contributed by atoms with Gasteiger partial charge in [-0.05, 0) is 82.3 Å². The van der Waals surface area contributed by atoms with Crippen molar-refractivity contribution >= 4 is 33.6 Å². The average Bonchev–Trinajstić information content (AvgIpc) is 3.32. The third-order valence-electron chi connectivity index (χ3n) is 10.5. The van der Waals surface area contributed by atoms with Gasteiger partial charge >= 0.3 is 11.9 Å². The summed E-state index contributed by atoms with van der Waals surface area (Å²) in [6.45, 7) is 1.46. The molecule has 7 aromatic carbocycles. The Morgan fingerprint density at radius 3 is 1.86 bits per heavy atom. The van der Waals surface area contributed by atoms with Gasteiger partial charge in [-0.15, -0.1) is 0 Å². The van der Waals surface area contributed by atoms with Crippen molar-refractivity contribution in [1.29, 1.82) is 0 Å². The zero-order valence-electron chi connectivity index (χ0n) is 35.1. The van der Waals surface area contributed by atoms with Gasteiger partial charge in [0.05, 0.1) is 30.7 Å². The molecule has 10 nitrogen and oxygen atoms in total. The van der Waals surface area contributed by atoms with E-state index in [1.54, 1.807) is 42.5 Å². The van der Waals surface area contributed by atoms with Gasteiger partial charge in [0, 0.05) is 18.8 Å². The summed E-state index contributed by atoms with van der Waals surface area (Å²) in [5, 5.41) is 0. The third-order valence-corrected chi connectivity index (χ3v) is 12.3. The number of hydrogen-bond donors (Lipinski definition) is 0. The van der Waals surface area contributed by atoms with E-state index in [0.717, 1.165) is 37.7 Å². The predicted molar refractivity (Wildman–Crippen MR) is 244 cm³/mol. The van der Waals surface area contributed by atoms with E-state index in [0.29, 0.717) is 22.4 Å². The van der Waals surface area contributed by atoms with Crippen molar-refractivity contribution < 1.29 is 37.0 Å². The van der Waals surface area contributed by atoms with E-state index in [4.69, 9.17) is 14.2 Å². The smallest absolute Gasteiger partial charge is 0.342 e. The van der Waals surface area contributed by atoms with E-state index in [1.165, 1.54) is 31.2 Å². The summed E-state index contributed by atoms with van der Waals surface area (Å²) in [4.78, 5) is 43.0. The van der Waals surface area contributed by atoms with Gasteiger partial charge in [-0.3, -0.25) is 4.79 Å². The van der Waals surface area contributed by atoms with Crippen LogP contribution in [0.4, 0.5) is 5.69 Å². The monoisotopic (exact) mass is 858 g/mol. The third kappa shape index (κ3) is 10.6. The molecule has 0 aromatic heterocycles. The minimum absolute atomic E-state index is 0.0321. The summed E-state index contributed by atoms with van der Waals surface area (Å²) in [5.41, 5.74) is 7.15. The summed E-state index contributed by atoms with van der Waals surface area (Å²) in [7, 11) is -1.38. The molecule has 0 saturated carbocycles. The molecule has 0 fully saturated rings. The van der Waals surface area contributed by atoms with Crippen molar-refractivity contribution in [2.75, 3.05) is 25.6 Å². The molecular formula is C52H46N2O8S. The lowest BCUT2D eigenvalue weighted by Gasteiger charge is -2.27. The van der Waals surface area contributed by atoms with Gasteiger partial charge in [0.1, 0.15) is 24.5 Å². The minimum atomic E-state index is -4.07. The number of sulfonamides is 1. The fourth-order valence-corrected chi connectivity index (χ4v) is 8.17. The summed E-state index contributed by atoms with van der Waals surface area (Å²) < 4.78 is 45.8. The molecule has 7 rings (SSSR count). The quantitative estimate of drug-likeness (QED) is 0.0882. The molecule has 0 saturated heterocycles. The maximum absolute atomic E-state index is 14.7. The predicted octanol–water partition coefficient (Wildman–Crippen LogP) is 9.91. The lowest BCUT2D eigenvalue weighted by atomic mass is 9.90. The molecule has 0 radical (unpaired) electrons. The number of methoxy groups -OCH3 is 1. The van der Waals surface area contributed by atoms with Crippen molar-refractivity contribution in [2.45, 2.75) is 31.6 Å². The van der Waals surface area contributed by atoms with Crippen LogP contribution in [0.3, 0.4) is 0 Å². The van der Waals surface area contributed by atoms with Crippen LogP contribution < -0.4 is 9.64 Å². The van der Waals surface area contributed by atoms with Gasteiger partial charge < -0.3 is 19.1 Å². The van der Waals surface area contributed by atoms with Gasteiger partial charge in [0.15, 0.2) is 0 Å². The molecule has 318 valence electrons. The largest absolute Gasteiger partial charge is 0.488 e. The highest BCUT2D eigenvalue weighted by atomic mass is 32.2. The Bertz CT molecular complexity index is 2820. The number of anilines is 1. The molecule has 0 heterocycles. The van der Waals surface area contributed by atoms with Gasteiger partial charge in [-0.1, -0.05) is 139 Å². The molecule has 11 heteroatoms. The normalized spacial score (nSPS) is 11.2. The summed E-state index contributed by atoms with van der Waals surface area (Å²) in [6.07, 6.45) is 0. The maximum atomic E-state index is 14.7. The summed E-state index contributed by atoms with van der Waals surface area (Å²) in [5.74, 6) is -1.51. The summed E-state index contributed by atoms with van der Waals surface area (Å²) >= 11 is 0. The first kappa shape index (κ1) is 43.7. The molecule has 0 unspecified atom stereocenters. The van der Waals surface area contributed by atoms with Crippen LogP contribution in [0.5, 0.6) is 5.75 Å². The van der Waals surface area contributed by atoms with Gasteiger partial charge in [-0.2, -0.15) is 4.31 Å². The first-order valence-electron chi connectivity index (χ1n) is 20.2. The van der Waals surface area contributed by atoms with E-state index >= 15 is 0 Å². The number of ether oxygens (including phenoxy) is 3. The molecule has 0 aliphatic rings. The fourth-order valence-electron chi connectivity index (χ4n) is 7.05. The second-order valence-corrected chi connectivity index (χ2v) is 16.9. The average molecular weight is 859 g/mol. The number of likely N-dealkylation sites (N-methyl/N-ethyl adjacent to an activating group) is 1. The first-order chi connectivity index (χ1) is 30.5. The minimum Gasteiger partial charge on any atom is -0.488 e. The fraction of sp³-hybridized carbons (Fsp3) is 0.135. The number of esters is 2. The molecule has 63 heavy (non-hydrogen) atoms. The molecule has 0 aliphatic carbocycles. The Morgan fingerprint density at radius 2 is 1.19 bits per heavy atom. The molecule has 1 amide bonds. The van der Waals surface area contributed by atoms with Gasteiger partial charge in [0.25, 0.3) is 0 Å². The highest BCUT2D eigenvalue weighted by Gasteiger charge is 2.28. The summed E-state index contributed by atoms with van der Waals surface area (Å²) in [6, 6.07) is 52.6. The number of amides is 1. The van der Waals surface area contributed by atoms with Crippen LogP contribution in [0, 0.1) is 6.92 Å². The number of rotatable bonds is 16. The topological polar surface area (TPSA) is 120 Å². The van der Waals surface area contributed by atoms with Crippen LogP contribution in [-0.2, 0) is 44.1 Å². The van der Waals surface area contributed by atoms with E-state index < -0.39 is 34.4 Å². The van der Waals surface area contributed by atoms with E-state index in [1.807, 2.05) is 128 Å². The molecule has 0 aliphatic heterocycles. The van der Waals surface area contributed by atoms with Crippen LogP contribution in [0.25, 0.3) is 22.3 Å². The molecule has 0 N–H and O–H groups in total. The number of aryl methyl sites for hydroxylation is 1. The zero-order valence-corrected chi connectivity index (χ0v) is 36.0. The molecule has 0 spiro atoms. The van der Waals surface area contributed by atoms with Gasteiger partial charge in [0.2, 0.25) is 15.9 Å². The highest BCUT2D eigenvalue weighted by Crippen LogP contribution is 2.37. The van der Waals surface area contributed by atoms with Crippen molar-refractivity contribution in [3.63, 3.8) is 0 Å². The van der Waals surface area contributed by atoms with Crippen molar-refractivity contribution in [3.8, 4) is 28.0 Å². The number of benzene rings is 7. The van der Waals surface area contributed by atoms with Crippen molar-refractivity contribution in [2.24, 2.45) is 0 Å². The number of hydrogen-bond acceptors (Lipinski definition) is 8. The van der Waals surface area contributed by atoms with E-state index in [2.05, 4.69) is 0 Å². The lowest BCUT2D eigenvalue weighted by molar-refractivity contribution is -0.118. The Labute approximate surface area is 368 Å². The van der Waals surface area contributed by atoms with Crippen LogP contribution in [0.2, 0.25) is 0 Å². The molecular weight excluding hydrogens is 813 g/mol. The lowest BCUT2D eigenvalue weighted by Crippen LogP contribution is -2.41. The number of carbonyl (C=O) groups excluding carboxylic acids is 3. The van der Waals surface area contributed by atoms with Gasteiger partial charge in [-0.25, -0.2) is 18.0 Å². The van der Waals surface area contributed by atoms with E-state index in [-0.39, 0.29) is 36.0 Å². The van der Waals surface area contributed by atoms with Crippen LogP contribution >= 0.6 is 0 Å². The van der Waals surface area contributed by atoms with Crippen molar-refractivity contribution in [1.82, 2.24) is 4.31 Å². The SMILES string of the molecule is COC(=O)c1ccccc1-c1cc(CN(C(=O)CN(C)S(=O)(=O)c2ccc(C)cc2)c2ccc(C(=O)OCc3ccccc3)c(OCc3ccccc3)c2)ccc1-c1ccccc1. The number of nitrogens with zero attached hydrogens (tertiary/aromatic N) is 2. The first-order valence-corrected chi connectivity index (χ1v) is 21.7. The second kappa shape index (κ2) is 20.0. The Hall–Kier alpha value is -7.34. The Kier molecular flexibility index (Phi) is 13.9. The standard InChI is InChI=1S/C52H46N2O8S/c1-37-23-27-43(28-24-37)63(58,59)53(2)34-50(55)54(33-40-25-29-44(41-19-11-6-12-20-41)48(31-40)45-21-13-14-22-46(45)51(56)60-3)42-26-30-47(52(57)62-36-39-17-9-5-10-18-39)49(32-42)61-35-38-15-7-4-8-16-38/h4-32H,33-36H2,1-3H3. The molecule has 7 aromatic rings. The molecule has 0 bridgehead atoms. The second-order valence-electron chi connectivity index (χ2n) is 14.9.